The highest BCUT2D eigenvalue weighted by Gasteiger charge is 2.12. The van der Waals surface area contributed by atoms with Gasteiger partial charge in [-0.2, -0.15) is 0 Å². The number of rotatable bonds is 2. The Morgan fingerprint density at radius 2 is 1.89 bits per heavy atom. The first kappa shape index (κ1) is 14.5. The summed E-state index contributed by atoms with van der Waals surface area (Å²) in [6.45, 7) is 0. The lowest BCUT2D eigenvalue weighted by atomic mass is 10.3. The molecule has 2 nitrogen and oxygen atoms in total. The SMILES string of the molecule is O=C(Nc1ccc(Br)c(Cl)c1)c1cc(Br)c(Br)s1. The van der Waals surface area contributed by atoms with E-state index < -0.39 is 0 Å². The van der Waals surface area contributed by atoms with Crippen molar-refractivity contribution >= 4 is 82.3 Å². The molecule has 0 saturated heterocycles. The maximum atomic E-state index is 12.0. The minimum Gasteiger partial charge on any atom is -0.321 e. The highest BCUT2D eigenvalue weighted by atomic mass is 79.9. The van der Waals surface area contributed by atoms with Gasteiger partial charge in [-0.25, -0.2) is 0 Å². The molecule has 1 amide bonds. The van der Waals surface area contributed by atoms with E-state index in [-0.39, 0.29) is 5.91 Å². The molecule has 7 heteroatoms. The van der Waals surface area contributed by atoms with Crippen molar-refractivity contribution in [1.29, 1.82) is 0 Å². The molecule has 2 aromatic rings. The van der Waals surface area contributed by atoms with Gasteiger partial charge in [-0.15, -0.1) is 11.3 Å². The van der Waals surface area contributed by atoms with Gasteiger partial charge < -0.3 is 5.32 Å². The molecule has 18 heavy (non-hydrogen) atoms. The van der Waals surface area contributed by atoms with Gasteiger partial charge in [0.25, 0.3) is 5.91 Å². The van der Waals surface area contributed by atoms with Crippen LogP contribution in [0.3, 0.4) is 0 Å². The monoisotopic (exact) mass is 471 g/mol. The van der Waals surface area contributed by atoms with Gasteiger partial charge in [0.2, 0.25) is 0 Å². The minimum absolute atomic E-state index is 0.162. The molecule has 1 heterocycles. The van der Waals surface area contributed by atoms with E-state index in [0.717, 1.165) is 12.7 Å². The molecule has 0 saturated carbocycles. The predicted octanol–water partition coefficient (Wildman–Crippen LogP) is 5.94. The summed E-state index contributed by atoms with van der Waals surface area (Å²) in [4.78, 5) is 12.6. The Bertz CT molecular complexity index is 595. The van der Waals surface area contributed by atoms with Crippen molar-refractivity contribution in [3.05, 3.63) is 46.9 Å². The average molecular weight is 474 g/mol. The van der Waals surface area contributed by atoms with E-state index in [1.54, 1.807) is 24.3 Å². The van der Waals surface area contributed by atoms with E-state index in [1.165, 1.54) is 11.3 Å². The maximum absolute atomic E-state index is 12.0. The van der Waals surface area contributed by atoms with Crippen LogP contribution in [0.15, 0.2) is 37.0 Å². The number of anilines is 1. The van der Waals surface area contributed by atoms with Gasteiger partial charge >= 0.3 is 0 Å². The number of nitrogens with one attached hydrogen (secondary N) is 1. The molecule has 0 unspecified atom stereocenters. The molecule has 0 spiro atoms. The molecule has 94 valence electrons. The Labute approximate surface area is 138 Å². The van der Waals surface area contributed by atoms with Crippen LogP contribution in [0.25, 0.3) is 0 Å². The van der Waals surface area contributed by atoms with Gasteiger partial charge in [-0.3, -0.25) is 4.79 Å². The molecule has 0 aliphatic carbocycles. The Balaban J connectivity index is 2.18. The van der Waals surface area contributed by atoms with Gasteiger partial charge in [0.05, 0.1) is 13.7 Å². The predicted molar refractivity (Wildman–Crippen MR) is 86.8 cm³/mol. The van der Waals surface area contributed by atoms with Crippen LogP contribution < -0.4 is 5.32 Å². The van der Waals surface area contributed by atoms with Crippen molar-refractivity contribution in [1.82, 2.24) is 0 Å². The van der Waals surface area contributed by atoms with E-state index in [1.807, 2.05) is 0 Å². The summed E-state index contributed by atoms with van der Waals surface area (Å²) in [5.74, 6) is -0.162. The van der Waals surface area contributed by atoms with Crippen LogP contribution in [0, 0.1) is 0 Å². The van der Waals surface area contributed by atoms with Gasteiger partial charge in [0.1, 0.15) is 0 Å². The normalized spacial score (nSPS) is 10.4. The summed E-state index contributed by atoms with van der Waals surface area (Å²) in [6.07, 6.45) is 0. The largest absolute Gasteiger partial charge is 0.321 e. The van der Waals surface area contributed by atoms with Crippen LogP contribution in [0.2, 0.25) is 5.02 Å². The summed E-state index contributed by atoms with van der Waals surface area (Å²) in [7, 11) is 0. The highest BCUT2D eigenvalue weighted by Crippen LogP contribution is 2.33. The third-order valence-corrected chi connectivity index (χ3v) is 6.53. The Morgan fingerprint density at radius 3 is 2.44 bits per heavy atom. The molecule has 0 bridgehead atoms. The maximum Gasteiger partial charge on any atom is 0.265 e. The second-order valence-electron chi connectivity index (χ2n) is 3.32. The second-order valence-corrected chi connectivity index (χ2v) is 7.80. The van der Waals surface area contributed by atoms with Crippen molar-refractivity contribution < 1.29 is 4.79 Å². The lowest BCUT2D eigenvalue weighted by Crippen LogP contribution is -2.09. The first-order valence-electron chi connectivity index (χ1n) is 4.68. The van der Waals surface area contributed by atoms with Crippen molar-refractivity contribution in [2.45, 2.75) is 0 Å². The molecule has 0 fully saturated rings. The number of halogens is 4. The molecule has 0 atom stereocenters. The molecule has 1 aromatic heterocycles. The third kappa shape index (κ3) is 3.36. The van der Waals surface area contributed by atoms with Gasteiger partial charge in [-0.1, -0.05) is 11.6 Å². The third-order valence-electron chi connectivity index (χ3n) is 2.05. The van der Waals surface area contributed by atoms with Crippen LogP contribution in [-0.4, -0.2) is 5.91 Å². The van der Waals surface area contributed by atoms with Gasteiger partial charge in [-0.05, 0) is 72.1 Å². The zero-order valence-corrected chi connectivity index (χ0v) is 15.0. The first-order chi connectivity index (χ1) is 8.47. The van der Waals surface area contributed by atoms with Crippen molar-refractivity contribution in [2.75, 3.05) is 5.32 Å². The molecular weight excluding hydrogens is 469 g/mol. The number of hydrogen-bond acceptors (Lipinski definition) is 2. The molecule has 1 aromatic carbocycles. The fourth-order valence-electron chi connectivity index (χ4n) is 1.23. The van der Waals surface area contributed by atoms with Crippen molar-refractivity contribution in [3.63, 3.8) is 0 Å². The van der Waals surface area contributed by atoms with Crippen LogP contribution in [-0.2, 0) is 0 Å². The number of carbonyl (C=O) groups is 1. The summed E-state index contributed by atoms with van der Waals surface area (Å²) in [6, 6.07) is 7.04. The summed E-state index contributed by atoms with van der Waals surface area (Å²) >= 11 is 17.3. The minimum atomic E-state index is -0.162. The Hall–Kier alpha value is 0.120. The number of hydrogen-bond donors (Lipinski definition) is 1. The number of amides is 1. The summed E-state index contributed by atoms with van der Waals surface area (Å²) in [5, 5.41) is 3.35. The molecular formula is C11H5Br3ClNOS. The van der Waals surface area contributed by atoms with Crippen LogP contribution in [0.4, 0.5) is 5.69 Å². The van der Waals surface area contributed by atoms with Crippen LogP contribution in [0.5, 0.6) is 0 Å². The zero-order chi connectivity index (χ0) is 13.3. The fourth-order valence-corrected chi connectivity index (χ4v) is 3.58. The average Bonchev–Trinajstić information content (AvgIpc) is 2.65. The van der Waals surface area contributed by atoms with Crippen LogP contribution >= 0.6 is 70.7 Å². The quantitative estimate of drug-likeness (QED) is 0.574. The molecule has 0 aliphatic rings. The zero-order valence-electron chi connectivity index (χ0n) is 8.64. The second kappa shape index (κ2) is 6.05. The topological polar surface area (TPSA) is 29.1 Å². The number of thiophene rings is 1. The standard InChI is InChI=1S/C11H5Br3ClNOS/c12-6-2-1-5(3-8(6)15)16-11(17)9-4-7(13)10(14)18-9/h1-4H,(H,16,17). The molecule has 1 N–H and O–H groups in total. The first-order valence-corrected chi connectivity index (χ1v) is 8.26. The summed E-state index contributed by atoms with van der Waals surface area (Å²) < 4.78 is 2.55. The van der Waals surface area contributed by atoms with E-state index in [2.05, 4.69) is 53.1 Å². The smallest absolute Gasteiger partial charge is 0.265 e. The number of carbonyl (C=O) groups excluding carboxylic acids is 1. The van der Waals surface area contributed by atoms with Crippen molar-refractivity contribution in [2.24, 2.45) is 0 Å². The Morgan fingerprint density at radius 1 is 1.17 bits per heavy atom. The lowest BCUT2D eigenvalue weighted by molar-refractivity contribution is 0.103. The molecule has 0 radical (unpaired) electrons. The van der Waals surface area contributed by atoms with E-state index >= 15 is 0 Å². The highest BCUT2D eigenvalue weighted by molar-refractivity contribution is 9.13. The van der Waals surface area contributed by atoms with E-state index in [9.17, 15) is 4.79 Å². The van der Waals surface area contributed by atoms with Gasteiger partial charge in [0, 0.05) is 14.6 Å². The summed E-state index contributed by atoms with van der Waals surface area (Å²) in [5.41, 5.74) is 0.661. The number of benzene rings is 1. The Kier molecular flexibility index (Phi) is 4.88. The molecule has 0 aliphatic heterocycles. The van der Waals surface area contributed by atoms with Gasteiger partial charge in [0.15, 0.2) is 0 Å². The molecule has 2 rings (SSSR count). The fraction of sp³-hybridized carbons (Fsp3) is 0. The van der Waals surface area contributed by atoms with Crippen LogP contribution in [0.1, 0.15) is 9.67 Å². The van der Waals surface area contributed by atoms with E-state index in [0.29, 0.717) is 15.6 Å². The lowest BCUT2D eigenvalue weighted by Gasteiger charge is -2.04. The van der Waals surface area contributed by atoms with Crippen molar-refractivity contribution in [3.8, 4) is 0 Å². The van der Waals surface area contributed by atoms with E-state index in [4.69, 9.17) is 11.6 Å².